The van der Waals surface area contributed by atoms with Crippen LogP contribution < -0.4 is 4.90 Å². The number of hydrogen-bond donors (Lipinski definition) is 0. The third-order valence-electron chi connectivity index (χ3n) is 3.89. The van der Waals surface area contributed by atoms with Crippen LogP contribution in [0.4, 0.5) is 14.5 Å². The molecule has 0 aromatic heterocycles. The molecule has 1 amide bonds. The maximum absolute atomic E-state index is 13.5. The Bertz CT molecular complexity index is 792. The van der Waals surface area contributed by atoms with Crippen molar-refractivity contribution in [2.75, 3.05) is 18.1 Å². The van der Waals surface area contributed by atoms with Gasteiger partial charge in [0, 0.05) is 18.3 Å². The summed E-state index contributed by atoms with van der Waals surface area (Å²) in [6.07, 6.45) is 1.71. The molecule has 124 valence electrons. The van der Waals surface area contributed by atoms with Crippen molar-refractivity contribution in [1.82, 2.24) is 0 Å². The van der Waals surface area contributed by atoms with E-state index in [0.717, 1.165) is 36.2 Å². The predicted octanol–water partition coefficient (Wildman–Crippen LogP) is 3.10. The summed E-state index contributed by atoms with van der Waals surface area (Å²) >= 11 is 0. The normalized spacial score (nSPS) is 13.3. The van der Waals surface area contributed by atoms with E-state index in [0.29, 0.717) is 12.6 Å². The standard InChI is InChI=1S/C18H15F2NO3/c19-13-7-8-14(15(20)10-13)18(23)24-11-17(22)21-9-3-5-12-4-1-2-6-16(12)21/h1-2,4,6-8,10H,3,5,9,11H2. The number of para-hydroxylation sites is 1. The number of nitrogens with zero attached hydrogens (tertiary/aromatic N) is 1. The van der Waals surface area contributed by atoms with E-state index in [4.69, 9.17) is 4.74 Å². The summed E-state index contributed by atoms with van der Waals surface area (Å²) in [6, 6.07) is 10.1. The molecule has 3 rings (SSSR count). The Labute approximate surface area is 137 Å². The van der Waals surface area contributed by atoms with Gasteiger partial charge >= 0.3 is 5.97 Å². The molecular weight excluding hydrogens is 316 g/mol. The summed E-state index contributed by atoms with van der Waals surface area (Å²) in [6.45, 7) is 0.0439. The van der Waals surface area contributed by atoms with Crippen LogP contribution in [0.2, 0.25) is 0 Å². The van der Waals surface area contributed by atoms with Crippen molar-refractivity contribution in [3.63, 3.8) is 0 Å². The lowest BCUT2D eigenvalue weighted by Crippen LogP contribution is -2.38. The van der Waals surface area contributed by atoms with Gasteiger partial charge in [-0.1, -0.05) is 18.2 Å². The van der Waals surface area contributed by atoms with E-state index in [1.54, 1.807) is 4.90 Å². The van der Waals surface area contributed by atoms with Gasteiger partial charge in [-0.2, -0.15) is 0 Å². The molecule has 2 aromatic carbocycles. The van der Waals surface area contributed by atoms with E-state index in [-0.39, 0.29) is 5.91 Å². The van der Waals surface area contributed by atoms with E-state index in [1.807, 2.05) is 24.3 Å². The van der Waals surface area contributed by atoms with Gasteiger partial charge < -0.3 is 9.64 Å². The summed E-state index contributed by atoms with van der Waals surface area (Å²) in [7, 11) is 0. The molecule has 0 atom stereocenters. The molecule has 24 heavy (non-hydrogen) atoms. The zero-order valence-electron chi connectivity index (χ0n) is 12.8. The fourth-order valence-corrected chi connectivity index (χ4v) is 2.73. The lowest BCUT2D eigenvalue weighted by Gasteiger charge is -2.29. The molecule has 1 heterocycles. The zero-order chi connectivity index (χ0) is 17.1. The molecule has 0 saturated carbocycles. The molecule has 0 bridgehead atoms. The Morgan fingerprint density at radius 3 is 2.71 bits per heavy atom. The van der Waals surface area contributed by atoms with Crippen molar-refractivity contribution in [2.45, 2.75) is 12.8 Å². The van der Waals surface area contributed by atoms with Crippen LogP contribution in [0.5, 0.6) is 0 Å². The molecule has 0 saturated heterocycles. The number of carbonyl (C=O) groups is 2. The van der Waals surface area contributed by atoms with E-state index in [1.165, 1.54) is 0 Å². The second-order valence-corrected chi connectivity index (χ2v) is 5.48. The third kappa shape index (κ3) is 3.27. The Morgan fingerprint density at radius 2 is 1.92 bits per heavy atom. The maximum Gasteiger partial charge on any atom is 0.341 e. The predicted molar refractivity (Wildman–Crippen MR) is 83.8 cm³/mol. The van der Waals surface area contributed by atoms with Crippen molar-refractivity contribution >= 4 is 17.6 Å². The average molecular weight is 331 g/mol. The molecule has 0 N–H and O–H groups in total. The summed E-state index contributed by atoms with van der Waals surface area (Å²) in [5.74, 6) is -3.18. The van der Waals surface area contributed by atoms with E-state index < -0.39 is 29.8 Å². The van der Waals surface area contributed by atoms with Crippen LogP contribution in [0, 0.1) is 11.6 Å². The van der Waals surface area contributed by atoms with Crippen LogP contribution in [0.1, 0.15) is 22.3 Å². The van der Waals surface area contributed by atoms with Gasteiger partial charge in [0.25, 0.3) is 5.91 Å². The Balaban J connectivity index is 1.67. The fraction of sp³-hybridized carbons (Fsp3) is 0.222. The molecular formula is C18H15F2NO3. The molecule has 0 fully saturated rings. The summed E-state index contributed by atoms with van der Waals surface area (Å²) in [4.78, 5) is 25.7. The first kappa shape index (κ1) is 16.1. The maximum atomic E-state index is 13.5. The topological polar surface area (TPSA) is 46.6 Å². The van der Waals surface area contributed by atoms with Gasteiger partial charge in [0.1, 0.15) is 11.6 Å². The van der Waals surface area contributed by atoms with Gasteiger partial charge in [-0.15, -0.1) is 0 Å². The first-order chi connectivity index (χ1) is 11.6. The number of hydrogen-bond acceptors (Lipinski definition) is 3. The molecule has 1 aliphatic rings. The van der Waals surface area contributed by atoms with Gasteiger partial charge in [0.05, 0.1) is 5.56 Å². The summed E-state index contributed by atoms with van der Waals surface area (Å²) in [5.41, 5.74) is 1.47. The van der Waals surface area contributed by atoms with Gasteiger partial charge in [0.15, 0.2) is 6.61 Å². The molecule has 4 nitrogen and oxygen atoms in total. The van der Waals surface area contributed by atoms with Crippen LogP contribution in [0.3, 0.4) is 0 Å². The van der Waals surface area contributed by atoms with Crippen molar-refractivity contribution in [1.29, 1.82) is 0 Å². The highest BCUT2D eigenvalue weighted by atomic mass is 19.1. The molecule has 2 aromatic rings. The minimum atomic E-state index is -1.02. The van der Waals surface area contributed by atoms with E-state index in [9.17, 15) is 18.4 Å². The molecule has 0 radical (unpaired) electrons. The number of fused-ring (bicyclic) bond motifs is 1. The second-order valence-electron chi connectivity index (χ2n) is 5.48. The van der Waals surface area contributed by atoms with Gasteiger partial charge in [-0.05, 0) is 36.6 Å². The Kier molecular flexibility index (Phi) is 4.55. The molecule has 0 aliphatic carbocycles. The van der Waals surface area contributed by atoms with Crippen molar-refractivity contribution in [3.05, 3.63) is 65.2 Å². The first-order valence-corrected chi connectivity index (χ1v) is 7.56. The molecule has 0 unspecified atom stereocenters. The third-order valence-corrected chi connectivity index (χ3v) is 3.89. The van der Waals surface area contributed by atoms with Gasteiger partial charge in [0.2, 0.25) is 0 Å². The summed E-state index contributed by atoms with van der Waals surface area (Å²) < 4.78 is 31.3. The minimum absolute atomic E-state index is 0.377. The number of aryl methyl sites for hydroxylation is 1. The van der Waals surface area contributed by atoms with Crippen molar-refractivity contribution in [3.8, 4) is 0 Å². The SMILES string of the molecule is O=C(OCC(=O)N1CCCc2ccccc21)c1ccc(F)cc1F. The number of rotatable bonds is 3. The second kappa shape index (κ2) is 6.78. The first-order valence-electron chi connectivity index (χ1n) is 7.56. The van der Waals surface area contributed by atoms with Gasteiger partial charge in [-0.25, -0.2) is 13.6 Å². The van der Waals surface area contributed by atoms with E-state index in [2.05, 4.69) is 0 Å². The minimum Gasteiger partial charge on any atom is -0.452 e. The monoisotopic (exact) mass is 331 g/mol. The number of amides is 1. The number of esters is 1. The molecule has 0 spiro atoms. The fourth-order valence-electron chi connectivity index (χ4n) is 2.73. The lowest BCUT2D eigenvalue weighted by molar-refractivity contribution is -0.121. The number of halogens is 2. The highest BCUT2D eigenvalue weighted by molar-refractivity contribution is 5.98. The number of ether oxygens (including phenoxy) is 1. The largest absolute Gasteiger partial charge is 0.452 e. The zero-order valence-corrected chi connectivity index (χ0v) is 12.8. The van der Waals surface area contributed by atoms with Crippen LogP contribution >= 0.6 is 0 Å². The van der Waals surface area contributed by atoms with Crippen LogP contribution in [-0.2, 0) is 16.0 Å². The quantitative estimate of drug-likeness (QED) is 0.812. The molecule has 6 heteroatoms. The van der Waals surface area contributed by atoms with Crippen molar-refractivity contribution in [2.24, 2.45) is 0 Å². The number of benzene rings is 2. The van der Waals surface area contributed by atoms with Crippen LogP contribution in [-0.4, -0.2) is 25.0 Å². The summed E-state index contributed by atoms with van der Waals surface area (Å²) in [5, 5.41) is 0. The highest BCUT2D eigenvalue weighted by Gasteiger charge is 2.23. The molecule has 1 aliphatic heterocycles. The number of carbonyl (C=O) groups excluding carboxylic acids is 2. The smallest absolute Gasteiger partial charge is 0.341 e. The van der Waals surface area contributed by atoms with E-state index >= 15 is 0 Å². The Hall–Kier alpha value is -2.76. The average Bonchev–Trinajstić information content (AvgIpc) is 2.59. The Morgan fingerprint density at radius 1 is 1.12 bits per heavy atom. The van der Waals surface area contributed by atoms with Crippen LogP contribution in [0.25, 0.3) is 0 Å². The van der Waals surface area contributed by atoms with Crippen LogP contribution in [0.15, 0.2) is 42.5 Å². The lowest BCUT2D eigenvalue weighted by atomic mass is 10.0. The number of anilines is 1. The van der Waals surface area contributed by atoms with Gasteiger partial charge in [-0.3, -0.25) is 4.79 Å². The highest BCUT2D eigenvalue weighted by Crippen LogP contribution is 2.26. The van der Waals surface area contributed by atoms with Crippen molar-refractivity contribution < 1.29 is 23.1 Å².